The molecule has 0 aromatic heterocycles. The van der Waals surface area contributed by atoms with Gasteiger partial charge in [-0.25, -0.2) is 0 Å². The van der Waals surface area contributed by atoms with E-state index >= 15 is 0 Å². The highest BCUT2D eigenvalue weighted by Gasteiger charge is 2.37. The molecule has 0 radical (unpaired) electrons. The maximum Gasteiger partial charge on any atom is 0.0884 e. The van der Waals surface area contributed by atoms with E-state index in [0.717, 1.165) is 0 Å². The summed E-state index contributed by atoms with van der Waals surface area (Å²) < 4.78 is 5.62. The third kappa shape index (κ3) is 3.87. The minimum Gasteiger partial charge on any atom is -0.386 e. The number of hydrogen-bond acceptors (Lipinski definition) is 3. The van der Waals surface area contributed by atoms with Crippen LogP contribution in [0.5, 0.6) is 0 Å². The van der Waals surface area contributed by atoms with E-state index in [4.69, 9.17) is 4.74 Å². The molecule has 3 heteroatoms. The van der Waals surface area contributed by atoms with Gasteiger partial charge in [0.25, 0.3) is 0 Å². The summed E-state index contributed by atoms with van der Waals surface area (Å²) in [6, 6.07) is 10.2. The van der Waals surface area contributed by atoms with E-state index < -0.39 is 5.60 Å². The third-order valence-corrected chi connectivity index (χ3v) is 3.90. The first-order chi connectivity index (χ1) is 8.49. The summed E-state index contributed by atoms with van der Waals surface area (Å²) in [7, 11) is 0. The zero-order valence-electron chi connectivity index (χ0n) is 10.9. The molecule has 2 nitrogen and oxygen atoms in total. The van der Waals surface area contributed by atoms with Crippen molar-refractivity contribution in [3.8, 4) is 0 Å². The summed E-state index contributed by atoms with van der Waals surface area (Å²) in [6.07, 6.45) is 3.23. The van der Waals surface area contributed by atoms with Crippen LogP contribution in [0.4, 0.5) is 0 Å². The van der Waals surface area contributed by atoms with Gasteiger partial charge in [-0.2, -0.15) is 0 Å². The van der Waals surface area contributed by atoms with Crippen LogP contribution in [0.3, 0.4) is 0 Å². The Labute approximate surface area is 113 Å². The van der Waals surface area contributed by atoms with Crippen LogP contribution < -0.4 is 0 Å². The molecule has 1 heterocycles. The van der Waals surface area contributed by atoms with Crippen molar-refractivity contribution in [2.45, 2.75) is 42.8 Å². The van der Waals surface area contributed by atoms with Crippen LogP contribution in [-0.4, -0.2) is 22.9 Å². The monoisotopic (exact) mass is 264 g/mol. The van der Waals surface area contributed by atoms with Crippen molar-refractivity contribution in [2.24, 2.45) is 0 Å². The SMILES string of the molecule is CC1(C)CC(O)(C=CSc2ccccc2)CCO1. The zero-order valence-corrected chi connectivity index (χ0v) is 11.7. The van der Waals surface area contributed by atoms with E-state index in [1.165, 1.54) is 4.90 Å². The van der Waals surface area contributed by atoms with Crippen LogP contribution in [0.25, 0.3) is 0 Å². The molecule has 1 N–H and O–H groups in total. The van der Waals surface area contributed by atoms with Crippen molar-refractivity contribution in [1.29, 1.82) is 0 Å². The number of thioether (sulfide) groups is 1. The number of hydrogen-bond donors (Lipinski definition) is 1. The first kappa shape index (κ1) is 13.7. The Kier molecular flexibility index (Phi) is 4.15. The fraction of sp³-hybridized carbons (Fsp3) is 0.467. The summed E-state index contributed by atoms with van der Waals surface area (Å²) in [5.41, 5.74) is -0.974. The molecule has 1 atom stereocenters. The standard InChI is InChI=1S/C15H20O2S/c1-14(2)12-15(16,8-10-17-14)9-11-18-13-6-4-3-5-7-13/h3-7,9,11,16H,8,10,12H2,1-2H3. The molecule has 1 aliphatic heterocycles. The Bertz CT molecular complexity index is 414. The van der Waals surface area contributed by atoms with Crippen LogP contribution in [0.1, 0.15) is 26.7 Å². The lowest BCUT2D eigenvalue weighted by molar-refractivity contribution is -0.124. The summed E-state index contributed by atoms with van der Waals surface area (Å²) in [4.78, 5) is 1.18. The molecule has 1 unspecified atom stereocenters. The van der Waals surface area contributed by atoms with Crippen molar-refractivity contribution in [1.82, 2.24) is 0 Å². The van der Waals surface area contributed by atoms with Crippen LogP contribution in [-0.2, 0) is 4.74 Å². The highest BCUT2D eigenvalue weighted by atomic mass is 32.2. The largest absolute Gasteiger partial charge is 0.386 e. The third-order valence-electron chi connectivity index (χ3n) is 3.09. The summed E-state index contributed by atoms with van der Waals surface area (Å²) >= 11 is 1.63. The molecular formula is C15H20O2S. The number of benzene rings is 1. The van der Waals surface area contributed by atoms with E-state index in [9.17, 15) is 5.11 Å². The molecule has 0 aliphatic carbocycles. The highest BCUT2D eigenvalue weighted by Crippen LogP contribution is 2.33. The van der Waals surface area contributed by atoms with Gasteiger partial charge in [-0.3, -0.25) is 0 Å². The van der Waals surface area contributed by atoms with Crippen molar-refractivity contribution < 1.29 is 9.84 Å². The zero-order chi connectivity index (χ0) is 13.1. The summed E-state index contributed by atoms with van der Waals surface area (Å²) in [5.74, 6) is 0. The normalized spacial score (nSPS) is 27.5. The average molecular weight is 264 g/mol. The first-order valence-corrected chi connectivity index (χ1v) is 7.13. The number of aliphatic hydroxyl groups is 1. The highest BCUT2D eigenvalue weighted by molar-refractivity contribution is 8.02. The lowest BCUT2D eigenvalue weighted by Gasteiger charge is -2.39. The molecule has 0 saturated carbocycles. The smallest absolute Gasteiger partial charge is 0.0884 e. The van der Waals surface area contributed by atoms with E-state index in [0.29, 0.717) is 19.4 Å². The predicted molar refractivity (Wildman–Crippen MR) is 75.7 cm³/mol. The molecule has 1 aliphatic rings. The van der Waals surface area contributed by atoms with Gasteiger partial charge in [0.1, 0.15) is 0 Å². The second kappa shape index (κ2) is 5.47. The molecule has 1 fully saturated rings. The minimum atomic E-state index is -0.733. The molecular weight excluding hydrogens is 244 g/mol. The quantitative estimate of drug-likeness (QED) is 0.846. The van der Waals surface area contributed by atoms with Crippen LogP contribution in [0.2, 0.25) is 0 Å². The van der Waals surface area contributed by atoms with E-state index in [1.54, 1.807) is 11.8 Å². The Morgan fingerprint density at radius 3 is 2.67 bits per heavy atom. The second-order valence-electron chi connectivity index (χ2n) is 5.37. The average Bonchev–Trinajstić information content (AvgIpc) is 2.28. The lowest BCUT2D eigenvalue weighted by atomic mass is 9.84. The maximum absolute atomic E-state index is 10.5. The van der Waals surface area contributed by atoms with E-state index in [2.05, 4.69) is 12.1 Å². The van der Waals surface area contributed by atoms with Crippen LogP contribution in [0, 0.1) is 0 Å². The Hall–Kier alpha value is -0.770. The summed E-state index contributed by atoms with van der Waals surface area (Å²) in [5, 5.41) is 12.5. The molecule has 0 amide bonds. The summed E-state index contributed by atoms with van der Waals surface area (Å²) in [6.45, 7) is 4.66. The number of rotatable bonds is 3. The van der Waals surface area contributed by atoms with Gasteiger partial charge in [-0.15, -0.1) is 0 Å². The van der Waals surface area contributed by atoms with Crippen molar-refractivity contribution in [3.63, 3.8) is 0 Å². The maximum atomic E-state index is 10.5. The van der Waals surface area contributed by atoms with Crippen LogP contribution >= 0.6 is 11.8 Å². The Morgan fingerprint density at radius 1 is 1.28 bits per heavy atom. The van der Waals surface area contributed by atoms with E-state index in [-0.39, 0.29) is 5.60 Å². The molecule has 1 aromatic carbocycles. The molecule has 0 bridgehead atoms. The fourth-order valence-corrected chi connectivity index (χ4v) is 3.05. The molecule has 98 valence electrons. The predicted octanol–water partition coefficient (Wildman–Crippen LogP) is 3.61. The second-order valence-corrected chi connectivity index (χ2v) is 6.35. The van der Waals surface area contributed by atoms with Gasteiger partial charge in [0.2, 0.25) is 0 Å². The van der Waals surface area contributed by atoms with Gasteiger partial charge in [0.15, 0.2) is 0 Å². The van der Waals surface area contributed by atoms with Gasteiger partial charge in [-0.05, 0) is 37.5 Å². The van der Waals surface area contributed by atoms with Gasteiger partial charge in [-0.1, -0.05) is 30.0 Å². The van der Waals surface area contributed by atoms with Crippen molar-refractivity contribution in [2.75, 3.05) is 6.61 Å². The molecule has 18 heavy (non-hydrogen) atoms. The van der Waals surface area contributed by atoms with Crippen LogP contribution in [0.15, 0.2) is 46.7 Å². The van der Waals surface area contributed by atoms with E-state index in [1.807, 2.05) is 43.5 Å². The fourth-order valence-electron chi connectivity index (χ4n) is 2.26. The van der Waals surface area contributed by atoms with Gasteiger partial charge >= 0.3 is 0 Å². The topological polar surface area (TPSA) is 29.5 Å². The van der Waals surface area contributed by atoms with Gasteiger partial charge in [0, 0.05) is 17.7 Å². The Morgan fingerprint density at radius 2 is 2.00 bits per heavy atom. The van der Waals surface area contributed by atoms with Crippen molar-refractivity contribution >= 4 is 11.8 Å². The van der Waals surface area contributed by atoms with Gasteiger partial charge in [0.05, 0.1) is 17.8 Å². The molecule has 1 saturated heterocycles. The minimum absolute atomic E-state index is 0.241. The lowest BCUT2D eigenvalue weighted by Crippen LogP contribution is -2.44. The molecule has 0 spiro atoms. The molecule has 1 aromatic rings. The van der Waals surface area contributed by atoms with Gasteiger partial charge < -0.3 is 9.84 Å². The first-order valence-electron chi connectivity index (χ1n) is 6.25. The van der Waals surface area contributed by atoms with Crippen molar-refractivity contribution in [3.05, 3.63) is 41.8 Å². The molecule has 2 rings (SSSR count). The number of ether oxygens (including phenoxy) is 1. The Balaban J connectivity index is 1.96.